The van der Waals surface area contributed by atoms with Gasteiger partial charge in [-0.25, -0.2) is 9.13 Å². The van der Waals surface area contributed by atoms with E-state index in [1.54, 1.807) is 0 Å². The van der Waals surface area contributed by atoms with Crippen LogP contribution in [-0.2, 0) is 65.4 Å². The van der Waals surface area contributed by atoms with Crippen LogP contribution in [-0.4, -0.2) is 96.7 Å². The van der Waals surface area contributed by atoms with Crippen molar-refractivity contribution < 1.29 is 80.2 Å². The molecule has 0 rings (SSSR count). The number of rotatable bonds is 78. The molecule has 0 fully saturated rings. The van der Waals surface area contributed by atoms with E-state index in [1.165, 1.54) is 231 Å². The highest BCUT2D eigenvalue weighted by Crippen LogP contribution is 2.45. The van der Waals surface area contributed by atoms with Crippen molar-refractivity contribution in [3.63, 3.8) is 0 Å². The first-order valence-corrected chi connectivity index (χ1v) is 43.6. The minimum absolute atomic E-state index is 0.108. The summed E-state index contributed by atoms with van der Waals surface area (Å²) < 4.78 is 68.6. The molecule has 0 aromatic rings. The van der Waals surface area contributed by atoms with Crippen LogP contribution in [0.3, 0.4) is 0 Å². The Bertz CT molecular complexity index is 1860. The Balaban J connectivity index is 5.21. The molecule has 0 aliphatic carbocycles. The predicted molar refractivity (Wildman–Crippen MR) is 395 cm³/mol. The first kappa shape index (κ1) is 95.1. The zero-order chi connectivity index (χ0) is 71.2. The summed E-state index contributed by atoms with van der Waals surface area (Å²) in [6.45, 7) is 7.31. The van der Waals surface area contributed by atoms with Gasteiger partial charge in [-0.1, -0.05) is 362 Å². The second-order valence-corrected chi connectivity index (χ2v) is 31.5. The molecule has 0 aliphatic heterocycles. The van der Waals surface area contributed by atoms with E-state index in [0.717, 1.165) is 102 Å². The molecule has 0 aliphatic rings. The lowest BCUT2D eigenvalue weighted by atomic mass is 10.0. The maximum atomic E-state index is 13.1. The zero-order valence-corrected chi connectivity index (χ0v) is 65.0. The Kier molecular flexibility index (Phi) is 69.6. The fourth-order valence-electron chi connectivity index (χ4n) is 12.1. The van der Waals surface area contributed by atoms with Gasteiger partial charge in [-0.2, -0.15) is 0 Å². The van der Waals surface area contributed by atoms with Crippen LogP contribution in [0.15, 0.2) is 0 Å². The molecule has 0 heterocycles. The van der Waals surface area contributed by atoms with E-state index in [1.807, 2.05) is 0 Å². The van der Waals surface area contributed by atoms with Crippen molar-refractivity contribution in [2.45, 2.75) is 432 Å². The molecule has 0 saturated carbocycles. The summed E-state index contributed by atoms with van der Waals surface area (Å²) in [6, 6.07) is 0. The number of carbonyl (C=O) groups excluding carboxylic acids is 4. The Morgan fingerprint density at radius 3 is 0.701 bits per heavy atom. The van der Waals surface area contributed by atoms with Gasteiger partial charge in [0, 0.05) is 25.7 Å². The molecule has 5 atom stereocenters. The third kappa shape index (κ3) is 72.2. The number of unbranched alkanes of at least 4 members (excludes halogenated alkanes) is 50. The normalized spacial score (nSPS) is 13.9. The van der Waals surface area contributed by atoms with Crippen LogP contribution in [0.1, 0.15) is 413 Å². The molecule has 0 saturated heterocycles. The van der Waals surface area contributed by atoms with Crippen LogP contribution in [0.2, 0.25) is 0 Å². The smallest absolute Gasteiger partial charge is 0.462 e. The zero-order valence-electron chi connectivity index (χ0n) is 63.2. The molecule has 0 amide bonds. The summed E-state index contributed by atoms with van der Waals surface area (Å²) in [5.74, 6) is -1.32. The summed E-state index contributed by atoms with van der Waals surface area (Å²) in [4.78, 5) is 72.8. The van der Waals surface area contributed by atoms with Crippen molar-refractivity contribution >= 4 is 39.5 Å². The quantitative estimate of drug-likeness (QED) is 0.0222. The summed E-state index contributed by atoms with van der Waals surface area (Å²) in [6.07, 6.45) is 61.0. The molecule has 576 valence electrons. The van der Waals surface area contributed by atoms with Crippen LogP contribution in [0.4, 0.5) is 0 Å². The SMILES string of the molecule is CCCCCCCCCCCCCCCCCCCCC(=O)O[C@H](COC(=O)CCCCCCCCCCCCCCCC(C)C)COP(=O)(O)OC[C@@H](O)COP(=O)(O)OC[C@@H](COC(=O)CCCCCCCCCC)OC(=O)CCCCCCCCCCCCCCCCC. The summed E-state index contributed by atoms with van der Waals surface area (Å²) in [5, 5.41) is 10.6. The molecule has 0 aromatic carbocycles. The predicted octanol–water partition coefficient (Wildman–Crippen LogP) is 23.3. The average molecular weight is 1420 g/mol. The first-order valence-electron chi connectivity index (χ1n) is 40.6. The van der Waals surface area contributed by atoms with Gasteiger partial charge in [0.2, 0.25) is 0 Å². The largest absolute Gasteiger partial charge is 0.472 e. The van der Waals surface area contributed by atoms with Crippen LogP contribution < -0.4 is 0 Å². The highest BCUT2D eigenvalue weighted by molar-refractivity contribution is 7.47. The van der Waals surface area contributed by atoms with Gasteiger partial charge in [0.05, 0.1) is 26.4 Å². The minimum Gasteiger partial charge on any atom is -0.462 e. The van der Waals surface area contributed by atoms with E-state index in [-0.39, 0.29) is 25.7 Å². The van der Waals surface area contributed by atoms with Gasteiger partial charge >= 0.3 is 39.5 Å². The van der Waals surface area contributed by atoms with Gasteiger partial charge < -0.3 is 33.8 Å². The van der Waals surface area contributed by atoms with E-state index in [9.17, 15) is 43.2 Å². The van der Waals surface area contributed by atoms with Gasteiger partial charge in [0.1, 0.15) is 19.3 Å². The number of hydrogen-bond donors (Lipinski definition) is 3. The number of ether oxygens (including phenoxy) is 4. The van der Waals surface area contributed by atoms with Gasteiger partial charge in [-0.05, 0) is 31.6 Å². The maximum absolute atomic E-state index is 13.1. The van der Waals surface area contributed by atoms with Gasteiger partial charge in [-0.3, -0.25) is 37.3 Å². The Hall–Kier alpha value is -1.94. The minimum atomic E-state index is -4.96. The van der Waals surface area contributed by atoms with Crippen molar-refractivity contribution in [2.24, 2.45) is 5.92 Å². The van der Waals surface area contributed by atoms with E-state index < -0.39 is 97.5 Å². The van der Waals surface area contributed by atoms with Crippen molar-refractivity contribution in [2.75, 3.05) is 39.6 Å². The third-order valence-corrected chi connectivity index (χ3v) is 20.2. The Labute approximate surface area is 594 Å². The lowest BCUT2D eigenvalue weighted by Gasteiger charge is -2.21. The summed E-state index contributed by atoms with van der Waals surface area (Å²) in [5.41, 5.74) is 0. The van der Waals surface area contributed by atoms with Gasteiger partial charge in [-0.15, -0.1) is 0 Å². The van der Waals surface area contributed by atoms with Crippen LogP contribution >= 0.6 is 15.6 Å². The highest BCUT2D eigenvalue weighted by atomic mass is 31.2. The molecule has 3 N–H and O–H groups in total. The number of carbonyl (C=O) groups is 4. The number of aliphatic hydroxyl groups excluding tert-OH is 1. The fraction of sp³-hybridized carbons (Fsp3) is 0.949. The number of phosphoric acid groups is 2. The van der Waals surface area contributed by atoms with E-state index in [0.29, 0.717) is 25.7 Å². The molecule has 0 bridgehead atoms. The van der Waals surface area contributed by atoms with Crippen LogP contribution in [0, 0.1) is 5.92 Å². The monoisotopic (exact) mass is 1420 g/mol. The molecular formula is C78H152O17P2. The van der Waals surface area contributed by atoms with Crippen molar-refractivity contribution in [3.8, 4) is 0 Å². The van der Waals surface area contributed by atoms with Gasteiger partial charge in [0.25, 0.3) is 0 Å². The molecule has 17 nitrogen and oxygen atoms in total. The third-order valence-electron chi connectivity index (χ3n) is 18.3. The Morgan fingerprint density at radius 2 is 0.474 bits per heavy atom. The standard InChI is InChI=1S/C78H152O17P2/c1-6-9-12-15-18-21-23-25-27-28-29-31-35-40-44-49-54-59-64-78(83)95-74(68-89-76(81)62-57-52-47-42-38-36-32-33-37-41-45-50-55-60-71(4)5)70-93-97(86,87)91-66-72(79)65-90-96(84,85)92-69-73(67-88-75(80)61-56-51-46-20-17-14-11-8-3)94-77(82)63-58-53-48-43-39-34-30-26-24-22-19-16-13-10-7-2/h71-74,79H,6-70H2,1-5H3,(H,84,85)(H,86,87)/t72-,73+,74+/m0/s1. The molecule has 97 heavy (non-hydrogen) atoms. The summed E-state index contributed by atoms with van der Waals surface area (Å²) >= 11 is 0. The lowest BCUT2D eigenvalue weighted by molar-refractivity contribution is -0.161. The number of esters is 4. The Morgan fingerprint density at radius 1 is 0.278 bits per heavy atom. The van der Waals surface area contributed by atoms with Crippen LogP contribution in [0.25, 0.3) is 0 Å². The lowest BCUT2D eigenvalue weighted by Crippen LogP contribution is -2.30. The van der Waals surface area contributed by atoms with Crippen molar-refractivity contribution in [3.05, 3.63) is 0 Å². The number of hydrogen-bond acceptors (Lipinski definition) is 15. The molecule has 0 spiro atoms. The van der Waals surface area contributed by atoms with E-state index >= 15 is 0 Å². The molecule has 19 heteroatoms. The van der Waals surface area contributed by atoms with Crippen molar-refractivity contribution in [1.29, 1.82) is 0 Å². The number of aliphatic hydroxyl groups is 1. The van der Waals surface area contributed by atoms with Crippen LogP contribution in [0.5, 0.6) is 0 Å². The molecular weight excluding hydrogens is 1270 g/mol. The molecule has 0 radical (unpaired) electrons. The van der Waals surface area contributed by atoms with Crippen molar-refractivity contribution in [1.82, 2.24) is 0 Å². The second kappa shape index (κ2) is 71.1. The maximum Gasteiger partial charge on any atom is 0.472 e. The first-order chi connectivity index (χ1) is 47.0. The molecule has 0 aromatic heterocycles. The highest BCUT2D eigenvalue weighted by Gasteiger charge is 2.30. The van der Waals surface area contributed by atoms with Gasteiger partial charge in [0.15, 0.2) is 12.2 Å². The van der Waals surface area contributed by atoms with E-state index in [4.69, 9.17) is 37.0 Å². The second-order valence-electron chi connectivity index (χ2n) is 28.6. The fourth-order valence-corrected chi connectivity index (χ4v) is 13.6. The summed E-state index contributed by atoms with van der Waals surface area (Å²) in [7, 11) is -9.91. The van der Waals surface area contributed by atoms with E-state index in [2.05, 4.69) is 34.6 Å². The number of phosphoric ester groups is 2. The average Bonchev–Trinajstić information content (AvgIpc) is 2.19. The molecule has 2 unspecified atom stereocenters. The topological polar surface area (TPSA) is 237 Å².